The molecule has 5 nitrogen and oxygen atoms in total. The molecule has 0 aliphatic heterocycles. The summed E-state index contributed by atoms with van der Waals surface area (Å²) in [5, 5.41) is 11.9. The molecule has 0 aliphatic carbocycles. The van der Waals surface area contributed by atoms with Crippen molar-refractivity contribution < 1.29 is 18.9 Å². The van der Waals surface area contributed by atoms with Crippen LogP contribution in [0.25, 0.3) is 0 Å². The van der Waals surface area contributed by atoms with Gasteiger partial charge in [0, 0.05) is 35.3 Å². The Balaban J connectivity index is 1.71. The number of carboxylic acids is 1. The maximum atomic E-state index is 12.0. The molecular weight excluding hydrogens is 338 g/mol. The Morgan fingerprint density at radius 1 is 1.00 bits per heavy atom. The van der Waals surface area contributed by atoms with Gasteiger partial charge in [0.1, 0.15) is 0 Å². The molecule has 0 spiro atoms. The summed E-state index contributed by atoms with van der Waals surface area (Å²) in [5.41, 5.74) is 1.87. The van der Waals surface area contributed by atoms with Gasteiger partial charge in [-0.15, -0.1) is 0 Å². The van der Waals surface area contributed by atoms with E-state index in [1.54, 1.807) is 18.2 Å². The summed E-state index contributed by atoms with van der Waals surface area (Å²) in [6, 6.07) is 16.2. The maximum Gasteiger partial charge on any atom is 0.335 e. The standard InChI is InChI=1S/C19H21NO4S/c21-18(11-10-16-8-4-5-9-17(16)19(22)23)20-12-13-25(24)14-15-6-2-1-3-7-15/h1-9H,10-14H2,(H,20,21)(H,22,23). The van der Waals surface area contributed by atoms with Crippen LogP contribution >= 0.6 is 0 Å². The molecule has 0 aliphatic rings. The second-order valence-corrected chi connectivity index (χ2v) is 7.16. The highest BCUT2D eigenvalue weighted by Crippen LogP contribution is 2.11. The molecule has 2 aromatic rings. The first-order valence-corrected chi connectivity index (χ1v) is 9.52. The van der Waals surface area contributed by atoms with Crippen LogP contribution in [-0.4, -0.2) is 33.5 Å². The molecule has 0 saturated carbocycles. The summed E-state index contributed by atoms with van der Waals surface area (Å²) in [6.45, 7) is 0.346. The third-order valence-corrected chi connectivity index (χ3v) is 5.01. The van der Waals surface area contributed by atoms with E-state index in [9.17, 15) is 13.8 Å². The molecule has 2 aromatic carbocycles. The van der Waals surface area contributed by atoms with Gasteiger partial charge in [-0.3, -0.25) is 9.00 Å². The van der Waals surface area contributed by atoms with Crippen molar-refractivity contribution in [2.75, 3.05) is 12.3 Å². The number of benzene rings is 2. The molecular formula is C19H21NO4S. The normalized spacial score (nSPS) is 11.7. The lowest BCUT2D eigenvalue weighted by atomic mass is 10.0. The van der Waals surface area contributed by atoms with Crippen molar-refractivity contribution in [3.05, 3.63) is 71.3 Å². The van der Waals surface area contributed by atoms with Gasteiger partial charge in [-0.1, -0.05) is 48.5 Å². The highest BCUT2D eigenvalue weighted by molar-refractivity contribution is 7.84. The molecule has 0 saturated heterocycles. The van der Waals surface area contributed by atoms with Crippen molar-refractivity contribution in [1.82, 2.24) is 5.32 Å². The second kappa shape index (κ2) is 9.74. The molecule has 132 valence electrons. The minimum atomic E-state index is -1.03. The molecule has 1 unspecified atom stereocenters. The van der Waals surface area contributed by atoms with Gasteiger partial charge in [0.15, 0.2) is 0 Å². The van der Waals surface area contributed by atoms with E-state index in [1.807, 2.05) is 30.3 Å². The number of amides is 1. The predicted octanol–water partition coefficient (Wildman–Crippen LogP) is 2.38. The van der Waals surface area contributed by atoms with Crippen LogP contribution in [0.3, 0.4) is 0 Å². The van der Waals surface area contributed by atoms with Gasteiger partial charge < -0.3 is 10.4 Å². The number of nitrogens with one attached hydrogen (secondary N) is 1. The van der Waals surface area contributed by atoms with E-state index in [1.165, 1.54) is 6.07 Å². The van der Waals surface area contributed by atoms with Crippen molar-refractivity contribution in [3.63, 3.8) is 0 Å². The van der Waals surface area contributed by atoms with Crippen LogP contribution in [0.2, 0.25) is 0 Å². The number of carbonyl (C=O) groups is 2. The summed E-state index contributed by atoms with van der Waals surface area (Å²) >= 11 is 0. The van der Waals surface area contributed by atoms with Gasteiger partial charge in [0.25, 0.3) is 0 Å². The van der Waals surface area contributed by atoms with E-state index in [0.29, 0.717) is 30.0 Å². The summed E-state index contributed by atoms with van der Waals surface area (Å²) in [4.78, 5) is 23.0. The van der Waals surface area contributed by atoms with Crippen LogP contribution in [-0.2, 0) is 27.8 Å². The maximum absolute atomic E-state index is 12.0. The molecule has 0 heterocycles. The van der Waals surface area contributed by atoms with Crippen molar-refractivity contribution in [2.45, 2.75) is 18.6 Å². The summed E-state index contributed by atoms with van der Waals surface area (Å²) in [5.74, 6) is -0.293. The van der Waals surface area contributed by atoms with Gasteiger partial charge in [0.05, 0.1) is 5.56 Å². The minimum absolute atomic E-state index is 0.170. The summed E-state index contributed by atoms with van der Waals surface area (Å²) in [7, 11) is -1.03. The predicted molar refractivity (Wildman–Crippen MR) is 97.9 cm³/mol. The highest BCUT2D eigenvalue weighted by atomic mass is 32.2. The van der Waals surface area contributed by atoms with Gasteiger partial charge in [0.2, 0.25) is 5.91 Å². The smallest absolute Gasteiger partial charge is 0.335 e. The van der Waals surface area contributed by atoms with Crippen LogP contribution in [0.1, 0.15) is 27.9 Å². The molecule has 1 amide bonds. The van der Waals surface area contributed by atoms with Crippen LogP contribution in [0.4, 0.5) is 0 Å². The fourth-order valence-electron chi connectivity index (χ4n) is 2.42. The lowest BCUT2D eigenvalue weighted by Crippen LogP contribution is -2.28. The Labute approximate surface area is 149 Å². The van der Waals surface area contributed by atoms with Gasteiger partial charge in [-0.05, 0) is 23.6 Å². The lowest BCUT2D eigenvalue weighted by molar-refractivity contribution is -0.120. The van der Waals surface area contributed by atoms with Crippen LogP contribution in [0.5, 0.6) is 0 Å². The van der Waals surface area contributed by atoms with E-state index in [4.69, 9.17) is 5.11 Å². The third kappa shape index (κ3) is 6.51. The molecule has 25 heavy (non-hydrogen) atoms. The van der Waals surface area contributed by atoms with Crippen LogP contribution in [0.15, 0.2) is 54.6 Å². The Morgan fingerprint density at radius 3 is 2.40 bits per heavy atom. The largest absolute Gasteiger partial charge is 0.478 e. The molecule has 0 bridgehead atoms. The monoisotopic (exact) mass is 359 g/mol. The number of aromatic carboxylic acids is 1. The average Bonchev–Trinajstić information content (AvgIpc) is 2.61. The third-order valence-electron chi connectivity index (χ3n) is 3.69. The fraction of sp³-hybridized carbons (Fsp3) is 0.263. The molecule has 1 atom stereocenters. The Morgan fingerprint density at radius 2 is 1.68 bits per heavy atom. The molecule has 6 heteroatoms. The first-order valence-electron chi connectivity index (χ1n) is 8.03. The van der Waals surface area contributed by atoms with Crippen LogP contribution in [0, 0.1) is 0 Å². The van der Waals surface area contributed by atoms with E-state index in [0.717, 1.165) is 5.56 Å². The van der Waals surface area contributed by atoms with E-state index >= 15 is 0 Å². The molecule has 0 radical (unpaired) electrons. The first kappa shape index (κ1) is 18.9. The zero-order chi connectivity index (χ0) is 18.1. The molecule has 2 rings (SSSR count). The summed E-state index contributed by atoms with van der Waals surface area (Å²) in [6.07, 6.45) is 0.566. The van der Waals surface area contributed by atoms with Crippen molar-refractivity contribution in [1.29, 1.82) is 0 Å². The van der Waals surface area contributed by atoms with Gasteiger partial charge >= 0.3 is 5.97 Å². The summed E-state index contributed by atoms with van der Waals surface area (Å²) < 4.78 is 12.0. The highest BCUT2D eigenvalue weighted by Gasteiger charge is 2.10. The average molecular weight is 359 g/mol. The van der Waals surface area contributed by atoms with E-state index in [-0.39, 0.29) is 17.9 Å². The number of aryl methyl sites for hydroxylation is 1. The molecule has 0 aromatic heterocycles. The quantitative estimate of drug-likeness (QED) is 0.720. The van der Waals surface area contributed by atoms with E-state index < -0.39 is 16.8 Å². The second-order valence-electron chi connectivity index (χ2n) is 5.59. The van der Waals surface area contributed by atoms with Crippen molar-refractivity contribution in [2.24, 2.45) is 0 Å². The lowest BCUT2D eigenvalue weighted by Gasteiger charge is -2.07. The number of carboxylic acid groups (broad SMARTS) is 1. The fourth-order valence-corrected chi connectivity index (χ4v) is 3.46. The topological polar surface area (TPSA) is 83.5 Å². The van der Waals surface area contributed by atoms with Crippen molar-refractivity contribution in [3.8, 4) is 0 Å². The Hall–Kier alpha value is -2.47. The Bertz CT molecular complexity index is 746. The van der Waals surface area contributed by atoms with Gasteiger partial charge in [-0.2, -0.15) is 0 Å². The minimum Gasteiger partial charge on any atom is -0.478 e. The molecule has 0 fully saturated rings. The SMILES string of the molecule is O=C(CCc1ccccc1C(=O)O)NCCS(=O)Cc1ccccc1. The van der Waals surface area contributed by atoms with E-state index in [2.05, 4.69) is 5.32 Å². The number of carbonyl (C=O) groups excluding carboxylic acids is 1. The number of hydrogen-bond donors (Lipinski definition) is 2. The van der Waals surface area contributed by atoms with Gasteiger partial charge in [-0.25, -0.2) is 4.79 Å². The molecule has 2 N–H and O–H groups in total. The number of hydrogen-bond acceptors (Lipinski definition) is 3. The zero-order valence-electron chi connectivity index (χ0n) is 13.8. The number of rotatable bonds is 9. The van der Waals surface area contributed by atoms with Crippen molar-refractivity contribution >= 4 is 22.7 Å². The van der Waals surface area contributed by atoms with Crippen LogP contribution < -0.4 is 5.32 Å². The zero-order valence-corrected chi connectivity index (χ0v) is 14.6. The first-order chi connectivity index (χ1) is 12.1. The Kier molecular flexibility index (Phi) is 7.35.